The summed E-state index contributed by atoms with van der Waals surface area (Å²) < 4.78 is 5.79. The molecular formula is C17H27NO. The van der Waals surface area contributed by atoms with Crippen LogP contribution in [-0.4, -0.2) is 19.2 Å². The lowest BCUT2D eigenvalue weighted by molar-refractivity contribution is 0.182. The fourth-order valence-corrected chi connectivity index (χ4v) is 3.07. The summed E-state index contributed by atoms with van der Waals surface area (Å²) in [6.07, 6.45) is 2.28. The molecule has 1 aromatic carbocycles. The molecule has 2 rings (SSSR count). The van der Waals surface area contributed by atoms with Gasteiger partial charge in [-0.05, 0) is 36.4 Å². The molecular weight excluding hydrogens is 234 g/mol. The van der Waals surface area contributed by atoms with Gasteiger partial charge in [0.05, 0.1) is 6.61 Å². The first-order valence-corrected chi connectivity index (χ1v) is 7.49. The third-order valence-corrected chi connectivity index (χ3v) is 3.95. The Balaban J connectivity index is 2.27. The SMILES string of the molecule is CCCNC(C1CCOc2ccccc21)C(C)(C)C. The molecule has 1 N–H and O–H groups in total. The second-order valence-corrected chi connectivity index (χ2v) is 6.58. The molecule has 2 unspecified atom stereocenters. The molecule has 2 nitrogen and oxygen atoms in total. The van der Waals surface area contributed by atoms with Crippen molar-refractivity contribution >= 4 is 0 Å². The van der Waals surface area contributed by atoms with Crippen molar-refractivity contribution in [2.45, 2.75) is 52.5 Å². The van der Waals surface area contributed by atoms with Gasteiger partial charge in [0, 0.05) is 12.0 Å². The quantitative estimate of drug-likeness (QED) is 0.885. The van der Waals surface area contributed by atoms with E-state index in [0.717, 1.165) is 25.3 Å². The Morgan fingerprint density at radius 3 is 2.74 bits per heavy atom. The number of fused-ring (bicyclic) bond motifs is 1. The second kappa shape index (κ2) is 5.96. The third kappa shape index (κ3) is 3.30. The van der Waals surface area contributed by atoms with Gasteiger partial charge < -0.3 is 10.1 Å². The van der Waals surface area contributed by atoms with Crippen molar-refractivity contribution < 1.29 is 4.74 Å². The van der Waals surface area contributed by atoms with Gasteiger partial charge in [0.15, 0.2) is 0 Å². The molecule has 2 heteroatoms. The fourth-order valence-electron chi connectivity index (χ4n) is 3.07. The van der Waals surface area contributed by atoms with Crippen LogP contribution in [0.25, 0.3) is 0 Å². The van der Waals surface area contributed by atoms with Gasteiger partial charge in [-0.2, -0.15) is 0 Å². The predicted octanol–water partition coefficient (Wildman–Crippen LogP) is 3.97. The van der Waals surface area contributed by atoms with Crippen molar-refractivity contribution in [2.75, 3.05) is 13.2 Å². The van der Waals surface area contributed by atoms with E-state index in [0.29, 0.717) is 12.0 Å². The summed E-state index contributed by atoms with van der Waals surface area (Å²) in [6.45, 7) is 11.1. The van der Waals surface area contributed by atoms with Crippen molar-refractivity contribution in [2.24, 2.45) is 5.41 Å². The minimum atomic E-state index is 0.254. The first-order chi connectivity index (χ1) is 9.04. The van der Waals surface area contributed by atoms with E-state index < -0.39 is 0 Å². The Kier molecular flexibility index (Phi) is 4.51. The highest BCUT2D eigenvalue weighted by Crippen LogP contribution is 2.40. The zero-order valence-electron chi connectivity index (χ0n) is 12.7. The lowest BCUT2D eigenvalue weighted by atomic mass is 9.74. The van der Waals surface area contributed by atoms with Gasteiger partial charge in [-0.1, -0.05) is 45.9 Å². The van der Waals surface area contributed by atoms with E-state index in [9.17, 15) is 0 Å². The van der Waals surface area contributed by atoms with E-state index >= 15 is 0 Å². The van der Waals surface area contributed by atoms with Gasteiger partial charge in [0.1, 0.15) is 5.75 Å². The van der Waals surface area contributed by atoms with Crippen LogP contribution in [0.3, 0.4) is 0 Å². The topological polar surface area (TPSA) is 21.3 Å². The lowest BCUT2D eigenvalue weighted by Crippen LogP contribution is -2.46. The average Bonchev–Trinajstić information content (AvgIpc) is 2.38. The number of para-hydroxylation sites is 1. The van der Waals surface area contributed by atoms with E-state index in [2.05, 4.69) is 57.3 Å². The van der Waals surface area contributed by atoms with E-state index in [1.165, 1.54) is 12.0 Å². The minimum absolute atomic E-state index is 0.254. The molecule has 1 aliphatic rings. The molecule has 2 atom stereocenters. The van der Waals surface area contributed by atoms with Crippen LogP contribution in [0.15, 0.2) is 24.3 Å². The van der Waals surface area contributed by atoms with Gasteiger partial charge >= 0.3 is 0 Å². The summed E-state index contributed by atoms with van der Waals surface area (Å²) in [4.78, 5) is 0. The third-order valence-electron chi connectivity index (χ3n) is 3.95. The van der Waals surface area contributed by atoms with Crippen LogP contribution in [0.2, 0.25) is 0 Å². The van der Waals surface area contributed by atoms with Crippen LogP contribution in [0.5, 0.6) is 5.75 Å². The highest BCUT2D eigenvalue weighted by atomic mass is 16.5. The van der Waals surface area contributed by atoms with Crippen molar-refractivity contribution in [1.82, 2.24) is 5.32 Å². The Morgan fingerprint density at radius 2 is 2.05 bits per heavy atom. The molecule has 106 valence electrons. The molecule has 0 fully saturated rings. The molecule has 0 saturated heterocycles. The molecule has 0 aliphatic carbocycles. The minimum Gasteiger partial charge on any atom is -0.493 e. The first kappa shape index (κ1) is 14.4. The molecule has 0 saturated carbocycles. The van der Waals surface area contributed by atoms with E-state index in [1.54, 1.807) is 0 Å². The van der Waals surface area contributed by atoms with Gasteiger partial charge in [-0.3, -0.25) is 0 Å². The van der Waals surface area contributed by atoms with Crippen LogP contribution in [-0.2, 0) is 0 Å². The molecule has 19 heavy (non-hydrogen) atoms. The highest BCUT2D eigenvalue weighted by Gasteiger charge is 2.35. The number of hydrogen-bond donors (Lipinski definition) is 1. The Labute approximate surface area is 117 Å². The largest absolute Gasteiger partial charge is 0.493 e. The maximum atomic E-state index is 5.79. The maximum Gasteiger partial charge on any atom is 0.122 e. The molecule has 0 aromatic heterocycles. The molecule has 1 aliphatic heterocycles. The molecule has 1 aromatic rings. The molecule has 0 bridgehead atoms. The summed E-state index contributed by atoms with van der Waals surface area (Å²) in [5.41, 5.74) is 1.63. The van der Waals surface area contributed by atoms with Gasteiger partial charge in [0.2, 0.25) is 0 Å². The number of nitrogens with one attached hydrogen (secondary N) is 1. The number of ether oxygens (including phenoxy) is 1. The van der Waals surface area contributed by atoms with Crippen molar-refractivity contribution in [1.29, 1.82) is 0 Å². The molecule has 0 amide bonds. The number of benzene rings is 1. The van der Waals surface area contributed by atoms with Crippen LogP contribution < -0.4 is 10.1 Å². The molecule has 0 radical (unpaired) electrons. The number of rotatable bonds is 4. The van der Waals surface area contributed by atoms with Gasteiger partial charge in [0.25, 0.3) is 0 Å². The van der Waals surface area contributed by atoms with Gasteiger partial charge in [-0.15, -0.1) is 0 Å². The summed E-state index contributed by atoms with van der Waals surface area (Å²) in [7, 11) is 0. The van der Waals surface area contributed by atoms with Crippen molar-refractivity contribution in [3.8, 4) is 5.75 Å². The van der Waals surface area contributed by atoms with Crippen LogP contribution in [0.1, 0.15) is 52.0 Å². The lowest BCUT2D eigenvalue weighted by Gasteiger charge is -2.40. The first-order valence-electron chi connectivity index (χ1n) is 7.49. The fraction of sp³-hybridized carbons (Fsp3) is 0.647. The van der Waals surface area contributed by atoms with E-state index in [4.69, 9.17) is 4.74 Å². The summed E-state index contributed by atoms with van der Waals surface area (Å²) in [6, 6.07) is 9.01. The summed E-state index contributed by atoms with van der Waals surface area (Å²) >= 11 is 0. The van der Waals surface area contributed by atoms with E-state index in [1.807, 2.05) is 0 Å². The van der Waals surface area contributed by atoms with Crippen LogP contribution >= 0.6 is 0 Å². The van der Waals surface area contributed by atoms with Crippen molar-refractivity contribution in [3.05, 3.63) is 29.8 Å². The van der Waals surface area contributed by atoms with Crippen LogP contribution in [0.4, 0.5) is 0 Å². The van der Waals surface area contributed by atoms with Crippen LogP contribution in [0, 0.1) is 5.41 Å². The van der Waals surface area contributed by atoms with E-state index in [-0.39, 0.29) is 5.41 Å². The zero-order chi connectivity index (χ0) is 13.9. The Bertz CT molecular complexity index is 408. The second-order valence-electron chi connectivity index (χ2n) is 6.58. The predicted molar refractivity (Wildman–Crippen MR) is 80.8 cm³/mol. The number of hydrogen-bond acceptors (Lipinski definition) is 2. The summed E-state index contributed by atoms with van der Waals surface area (Å²) in [5, 5.41) is 3.76. The smallest absolute Gasteiger partial charge is 0.122 e. The zero-order valence-corrected chi connectivity index (χ0v) is 12.7. The average molecular weight is 261 g/mol. The highest BCUT2D eigenvalue weighted by molar-refractivity contribution is 5.39. The standard InChI is InChI=1S/C17H27NO/c1-5-11-18-16(17(2,3)4)14-10-12-19-15-9-7-6-8-13(14)15/h6-9,14,16,18H,5,10-12H2,1-4H3. The Morgan fingerprint density at radius 1 is 1.32 bits per heavy atom. The van der Waals surface area contributed by atoms with Crippen molar-refractivity contribution in [3.63, 3.8) is 0 Å². The summed E-state index contributed by atoms with van der Waals surface area (Å²) in [5.74, 6) is 1.63. The maximum absolute atomic E-state index is 5.79. The van der Waals surface area contributed by atoms with Gasteiger partial charge in [-0.25, -0.2) is 0 Å². The Hall–Kier alpha value is -1.02. The molecule has 1 heterocycles. The normalized spacial score (nSPS) is 20.5. The molecule has 0 spiro atoms. The monoisotopic (exact) mass is 261 g/mol.